The van der Waals surface area contributed by atoms with Crippen LogP contribution in [-0.4, -0.2) is 41.9 Å². The summed E-state index contributed by atoms with van der Waals surface area (Å²) in [4.78, 5) is 27.6. The Morgan fingerprint density at radius 2 is 1.81 bits per heavy atom. The van der Waals surface area contributed by atoms with Gasteiger partial charge in [-0.3, -0.25) is 9.69 Å². The first-order chi connectivity index (χ1) is 12.5. The molecular weight excluding hydrogens is 328 g/mol. The van der Waals surface area contributed by atoms with Gasteiger partial charge in [-0.2, -0.15) is 0 Å². The van der Waals surface area contributed by atoms with Crippen LogP contribution in [0.2, 0.25) is 0 Å². The van der Waals surface area contributed by atoms with Crippen molar-refractivity contribution in [3.05, 3.63) is 53.6 Å². The van der Waals surface area contributed by atoms with Gasteiger partial charge < -0.3 is 9.64 Å². The molecule has 5 heteroatoms. The van der Waals surface area contributed by atoms with Crippen LogP contribution in [0, 0.1) is 5.92 Å². The predicted molar refractivity (Wildman–Crippen MR) is 98.8 cm³/mol. The van der Waals surface area contributed by atoms with Gasteiger partial charge in [-0.15, -0.1) is 0 Å². The predicted octanol–water partition coefficient (Wildman–Crippen LogP) is 3.32. The summed E-state index contributed by atoms with van der Waals surface area (Å²) in [5, 5.41) is 0. The van der Waals surface area contributed by atoms with Gasteiger partial charge >= 0.3 is 6.03 Å². The molecule has 0 aromatic heterocycles. The average molecular weight is 350 g/mol. The van der Waals surface area contributed by atoms with Crippen molar-refractivity contribution in [2.45, 2.75) is 19.9 Å². The molecule has 0 N–H and O–H groups in total. The lowest BCUT2D eigenvalue weighted by molar-refractivity contribution is -0.135. The smallest absolute Gasteiger partial charge is 0.326 e. The van der Waals surface area contributed by atoms with Gasteiger partial charge in [0.1, 0.15) is 5.75 Å². The Labute approximate surface area is 153 Å². The summed E-state index contributed by atoms with van der Waals surface area (Å²) in [6.45, 7) is 3.40. The van der Waals surface area contributed by atoms with Crippen LogP contribution in [0.3, 0.4) is 0 Å². The third-order valence-electron chi connectivity index (χ3n) is 5.11. The van der Waals surface area contributed by atoms with Crippen LogP contribution in [0.15, 0.2) is 42.5 Å². The molecule has 5 nitrogen and oxygen atoms in total. The zero-order valence-electron chi connectivity index (χ0n) is 15.1. The number of urea groups is 1. The van der Waals surface area contributed by atoms with E-state index in [0.29, 0.717) is 13.1 Å². The monoisotopic (exact) mass is 350 g/mol. The Hall–Kier alpha value is -2.82. The molecule has 0 saturated carbocycles. The number of amides is 3. The second-order valence-corrected chi connectivity index (χ2v) is 7.11. The molecular formula is C21H22N2O3. The van der Waals surface area contributed by atoms with Gasteiger partial charge in [0.2, 0.25) is 5.91 Å². The quantitative estimate of drug-likeness (QED) is 0.853. The van der Waals surface area contributed by atoms with Crippen LogP contribution in [0.4, 0.5) is 4.79 Å². The van der Waals surface area contributed by atoms with E-state index >= 15 is 0 Å². The van der Waals surface area contributed by atoms with E-state index in [2.05, 4.69) is 12.1 Å². The molecule has 0 radical (unpaired) electrons. The Bertz CT molecular complexity index is 840. The Morgan fingerprint density at radius 1 is 1.08 bits per heavy atom. The number of rotatable bonds is 3. The van der Waals surface area contributed by atoms with Crippen molar-refractivity contribution in [3.63, 3.8) is 0 Å². The fraction of sp³-hybridized carbons (Fsp3) is 0.333. The van der Waals surface area contributed by atoms with Crippen LogP contribution in [-0.2, 0) is 17.8 Å². The maximum Gasteiger partial charge on any atom is 0.326 e. The lowest BCUT2D eigenvalue weighted by atomic mass is 10.0. The van der Waals surface area contributed by atoms with Crippen LogP contribution < -0.4 is 4.74 Å². The Kier molecular flexibility index (Phi) is 4.15. The number of imide groups is 1. The molecule has 2 aliphatic heterocycles. The van der Waals surface area contributed by atoms with Gasteiger partial charge in [-0.25, -0.2) is 4.79 Å². The molecule has 2 heterocycles. The number of benzene rings is 2. The second kappa shape index (κ2) is 6.48. The lowest BCUT2D eigenvalue weighted by Gasteiger charge is -2.35. The molecule has 1 fully saturated rings. The molecule has 26 heavy (non-hydrogen) atoms. The fourth-order valence-corrected chi connectivity index (χ4v) is 3.63. The summed E-state index contributed by atoms with van der Waals surface area (Å²) in [5.74, 6) is 0.715. The number of ether oxygens (including phenoxy) is 1. The summed E-state index contributed by atoms with van der Waals surface area (Å²) in [5.41, 5.74) is 4.46. The van der Waals surface area contributed by atoms with Gasteiger partial charge in [0, 0.05) is 20.0 Å². The van der Waals surface area contributed by atoms with E-state index in [0.717, 1.165) is 35.5 Å². The van der Waals surface area contributed by atoms with E-state index in [1.54, 1.807) is 11.9 Å². The van der Waals surface area contributed by atoms with E-state index in [-0.39, 0.29) is 17.9 Å². The van der Waals surface area contributed by atoms with Gasteiger partial charge in [0.15, 0.2) is 0 Å². The summed E-state index contributed by atoms with van der Waals surface area (Å²) >= 11 is 0. The number of nitrogens with zero attached hydrogens (tertiary/aromatic N) is 2. The maximum atomic E-state index is 12.3. The highest BCUT2D eigenvalue weighted by molar-refractivity contribution is 5.97. The van der Waals surface area contributed by atoms with Gasteiger partial charge in [-0.1, -0.05) is 37.3 Å². The number of carbonyl (C=O) groups excluding carboxylic acids is 2. The lowest BCUT2D eigenvalue weighted by Crippen LogP contribution is -2.54. The summed E-state index contributed by atoms with van der Waals surface area (Å²) in [6, 6.07) is 14.1. The van der Waals surface area contributed by atoms with E-state index in [4.69, 9.17) is 4.74 Å². The van der Waals surface area contributed by atoms with Crippen molar-refractivity contribution >= 4 is 11.9 Å². The molecule has 2 aliphatic rings. The van der Waals surface area contributed by atoms with Crippen molar-refractivity contribution in [2.24, 2.45) is 5.92 Å². The number of carbonyl (C=O) groups is 2. The van der Waals surface area contributed by atoms with Gasteiger partial charge in [0.25, 0.3) is 0 Å². The third-order valence-corrected chi connectivity index (χ3v) is 5.11. The largest absolute Gasteiger partial charge is 0.493 e. The standard InChI is InChI=1S/C21H22N2O3/c1-14-12-22(2)21(25)23(20(14)24)13-15-3-5-16(6-4-15)17-7-8-19-18(11-17)9-10-26-19/h3-8,11,14H,9-10,12-13H2,1-2H3/t14-/m0/s1. The minimum Gasteiger partial charge on any atom is -0.493 e. The van der Waals surface area contributed by atoms with Crippen molar-refractivity contribution in [3.8, 4) is 16.9 Å². The summed E-state index contributed by atoms with van der Waals surface area (Å²) in [6.07, 6.45) is 0.951. The van der Waals surface area contributed by atoms with E-state index in [9.17, 15) is 9.59 Å². The molecule has 0 spiro atoms. The molecule has 1 saturated heterocycles. The average Bonchev–Trinajstić information content (AvgIpc) is 3.12. The first-order valence-corrected chi connectivity index (χ1v) is 8.94. The summed E-state index contributed by atoms with van der Waals surface area (Å²) < 4.78 is 5.56. The first kappa shape index (κ1) is 16.6. The van der Waals surface area contributed by atoms with Crippen molar-refractivity contribution in [1.29, 1.82) is 0 Å². The normalized spacial score (nSPS) is 19.5. The number of fused-ring (bicyclic) bond motifs is 1. The van der Waals surface area contributed by atoms with Crippen LogP contribution in [0.25, 0.3) is 11.1 Å². The molecule has 1 atom stereocenters. The van der Waals surface area contributed by atoms with Crippen LogP contribution >= 0.6 is 0 Å². The SMILES string of the molecule is C[C@H]1CN(C)C(=O)N(Cc2ccc(-c3ccc4c(c3)CCO4)cc2)C1=O. The van der Waals surface area contributed by atoms with E-state index < -0.39 is 0 Å². The Morgan fingerprint density at radius 3 is 2.58 bits per heavy atom. The Balaban J connectivity index is 1.53. The number of hydrogen-bond acceptors (Lipinski definition) is 3. The van der Waals surface area contributed by atoms with Crippen molar-refractivity contribution in [2.75, 3.05) is 20.2 Å². The minimum atomic E-state index is -0.226. The van der Waals surface area contributed by atoms with Crippen molar-refractivity contribution in [1.82, 2.24) is 9.80 Å². The maximum absolute atomic E-state index is 12.3. The van der Waals surface area contributed by atoms with Gasteiger partial charge in [-0.05, 0) is 34.4 Å². The molecule has 0 unspecified atom stereocenters. The molecule has 134 valence electrons. The molecule has 0 aliphatic carbocycles. The zero-order chi connectivity index (χ0) is 18.3. The molecule has 4 rings (SSSR count). The summed E-state index contributed by atoms with van der Waals surface area (Å²) in [7, 11) is 1.74. The zero-order valence-corrected chi connectivity index (χ0v) is 15.1. The fourth-order valence-electron chi connectivity index (χ4n) is 3.63. The minimum absolute atomic E-state index is 0.101. The van der Waals surface area contributed by atoms with E-state index in [1.807, 2.05) is 37.3 Å². The van der Waals surface area contributed by atoms with Crippen LogP contribution in [0.1, 0.15) is 18.1 Å². The first-order valence-electron chi connectivity index (χ1n) is 8.94. The molecule has 3 amide bonds. The third kappa shape index (κ3) is 2.94. The molecule has 0 bridgehead atoms. The topological polar surface area (TPSA) is 49.9 Å². The van der Waals surface area contributed by atoms with Gasteiger partial charge in [0.05, 0.1) is 19.1 Å². The number of hydrogen-bond donors (Lipinski definition) is 0. The molecule has 2 aromatic carbocycles. The highest BCUT2D eigenvalue weighted by Crippen LogP contribution is 2.30. The molecule has 2 aromatic rings. The second-order valence-electron chi connectivity index (χ2n) is 7.11. The van der Waals surface area contributed by atoms with Crippen molar-refractivity contribution < 1.29 is 14.3 Å². The van der Waals surface area contributed by atoms with Crippen LogP contribution in [0.5, 0.6) is 5.75 Å². The highest BCUT2D eigenvalue weighted by atomic mass is 16.5. The highest BCUT2D eigenvalue weighted by Gasteiger charge is 2.34. The van der Waals surface area contributed by atoms with E-state index in [1.165, 1.54) is 10.5 Å².